The van der Waals surface area contributed by atoms with E-state index in [2.05, 4.69) is 5.32 Å². The van der Waals surface area contributed by atoms with Crippen molar-refractivity contribution in [2.24, 2.45) is 0 Å². The zero-order chi connectivity index (χ0) is 18.9. The maximum absolute atomic E-state index is 13.4. The summed E-state index contributed by atoms with van der Waals surface area (Å²) in [6.45, 7) is 1.56. The quantitative estimate of drug-likeness (QED) is 0.549. The van der Waals surface area contributed by atoms with E-state index in [1.54, 1.807) is 30.3 Å². The van der Waals surface area contributed by atoms with Crippen LogP contribution in [-0.4, -0.2) is 38.6 Å². The summed E-state index contributed by atoms with van der Waals surface area (Å²) in [6, 6.07) is 10.8. The van der Waals surface area contributed by atoms with Crippen LogP contribution >= 0.6 is 0 Å². The number of ether oxygens (including phenoxy) is 3. The molecule has 2 aromatic rings. The standard InChI is InChI=1S/C19H20FNO5/c1-13(22)14-7-8-17(18(11-14)24-2)26-12-19(23)21-9-10-25-16-6-4-3-5-15(16)20/h3-8,11H,9-10,12H2,1-2H3,(H,21,23). The number of amides is 1. The van der Waals surface area contributed by atoms with Gasteiger partial charge in [0.1, 0.15) is 6.61 Å². The monoisotopic (exact) mass is 361 g/mol. The van der Waals surface area contributed by atoms with Crippen molar-refractivity contribution < 1.29 is 28.2 Å². The maximum atomic E-state index is 13.4. The largest absolute Gasteiger partial charge is 0.493 e. The van der Waals surface area contributed by atoms with Crippen molar-refractivity contribution >= 4 is 11.7 Å². The molecule has 0 aliphatic heterocycles. The third-order valence-electron chi connectivity index (χ3n) is 3.45. The van der Waals surface area contributed by atoms with Crippen LogP contribution in [0.1, 0.15) is 17.3 Å². The number of methoxy groups -OCH3 is 1. The van der Waals surface area contributed by atoms with E-state index in [1.807, 2.05) is 0 Å². The second kappa shape index (κ2) is 9.41. The molecule has 0 unspecified atom stereocenters. The van der Waals surface area contributed by atoms with Crippen molar-refractivity contribution in [3.8, 4) is 17.2 Å². The number of benzene rings is 2. The summed E-state index contributed by atoms with van der Waals surface area (Å²) in [5.74, 6) is -0.0533. The molecule has 7 heteroatoms. The fraction of sp³-hybridized carbons (Fsp3) is 0.263. The molecule has 0 spiro atoms. The van der Waals surface area contributed by atoms with Crippen LogP contribution in [0.4, 0.5) is 4.39 Å². The Bertz CT molecular complexity index is 778. The predicted octanol–water partition coefficient (Wildman–Crippen LogP) is 2.61. The third-order valence-corrected chi connectivity index (χ3v) is 3.45. The summed E-state index contributed by atoms with van der Waals surface area (Å²) in [5.41, 5.74) is 0.490. The molecule has 0 saturated heterocycles. The van der Waals surface area contributed by atoms with E-state index in [4.69, 9.17) is 14.2 Å². The van der Waals surface area contributed by atoms with Gasteiger partial charge in [0.2, 0.25) is 0 Å². The number of carbonyl (C=O) groups is 2. The Hall–Kier alpha value is -3.09. The first-order valence-corrected chi connectivity index (χ1v) is 7.97. The smallest absolute Gasteiger partial charge is 0.258 e. The normalized spacial score (nSPS) is 10.1. The van der Waals surface area contributed by atoms with E-state index in [-0.39, 0.29) is 37.2 Å². The van der Waals surface area contributed by atoms with Gasteiger partial charge in [0.15, 0.2) is 35.5 Å². The molecule has 0 aliphatic rings. The minimum atomic E-state index is -0.455. The van der Waals surface area contributed by atoms with Gasteiger partial charge in [-0.05, 0) is 37.3 Å². The minimum absolute atomic E-state index is 0.0950. The van der Waals surface area contributed by atoms with Crippen LogP contribution in [-0.2, 0) is 4.79 Å². The van der Waals surface area contributed by atoms with Gasteiger partial charge in [0.05, 0.1) is 13.7 Å². The zero-order valence-electron chi connectivity index (χ0n) is 14.6. The fourth-order valence-corrected chi connectivity index (χ4v) is 2.11. The number of rotatable bonds is 9. The molecule has 0 atom stereocenters. The average molecular weight is 361 g/mol. The Morgan fingerprint density at radius 2 is 1.81 bits per heavy atom. The molecule has 0 aromatic heterocycles. The highest BCUT2D eigenvalue weighted by Crippen LogP contribution is 2.28. The molecule has 6 nitrogen and oxygen atoms in total. The summed E-state index contributed by atoms with van der Waals surface area (Å²) in [5, 5.41) is 2.60. The Kier molecular flexibility index (Phi) is 6.96. The highest BCUT2D eigenvalue weighted by molar-refractivity contribution is 5.94. The van der Waals surface area contributed by atoms with E-state index in [0.29, 0.717) is 17.1 Å². The van der Waals surface area contributed by atoms with E-state index in [1.165, 1.54) is 26.2 Å². The van der Waals surface area contributed by atoms with Gasteiger partial charge >= 0.3 is 0 Å². The van der Waals surface area contributed by atoms with Crippen LogP contribution in [0.25, 0.3) is 0 Å². The van der Waals surface area contributed by atoms with Gasteiger partial charge in [0.25, 0.3) is 5.91 Å². The van der Waals surface area contributed by atoms with Crippen LogP contribution in [0, 0.1) is 5.82 Å². The molecule has 2 aromatic carbocycles. The second-order valence-corrected chi connectivity index (χ2v) is 5.34. The number of para-hydroxylation sites is 1. The number of carbonyl (C=O) groups excluding carboxylic acids is 2. The van der Waals surface area contributed by atoms with Crippen LogP contribution < -0.4 is 19.5 Å². The number of Topliss-reactive ketones (excluding diaryl/α,β-unsaturated/α-hetero) is 1. The van der Waals surface area contributed by atoms with Crippen LogP contribution in [0.15, 0.2) is 42.5 Å². The maximum Gasteiger partial charge on any atom is 0.258 e. The van der Waals surface area contributed by atoms with Crippen molar-refractivity contribution in [2.45, 2.75) is 6.92 Å². The zero-order valence-corrected chi connectivity index (χ0v) is 14.6. The molecule has 0 saturated carbocycles. The van der Waals surface area contributed by atoms with Gasteiger partial charge < -0.3 is 19.5 Å². The molecule has 0 aliphatic carbocycles. The van der Waals surface area contributed by atoms with Gasteiger partial charge in [-0.15, -0.1) is 0 Å². The first-order chi connectivity index (χ1) is 12.5. The fourth-order valence-electron chi connectivity index (χ4n) is 2.11. The van der Waals surface area contributed by atoms with Crippen LogP contribution in [0.5, 0.6) is 17.2 Å². The Morgan fingerprint density at radius 3 is 2.50 bits per heavy atom. The molecule has 1 N–H and O–H groups in total. The van der Waals surface area contributed by atoms with Crippen molar-refractivity contribution in [3.05, 3.63) is 53.8 Å². The topological polar surface area (TPSA) is 73.9 Å². The predicted molar refractivity (Wildman–Crippen MR) is 93.4 cm³/mol. The van der Waals surface area contributed by atoms with Crippen molar-refractivity contribution in [3.63, 3.8) is 0 Å². The molecule has 2 rings (SSSR count). The molecule has 138 valence electrons. The summed E-state index contributed by atoms with van der Waals surface area (Å²) in [4.78, 5) is 23.2. The molecule has 0 fully saturated rings. The summed E-state index contributed by atoms with van der Waals surface area (Å²) in [7, 11) is 1.45. The second-order valence-electron chi connectivity index (χ2n) is 5.34. The SMILES string of the molecule is COc1cc(C(C)=O)ccc1OCC(=O)NCCOc1ccccc1F. The number of halogens is 1. The number of nitrogens with one attached hydrogen (secondary N) is 1. The first-order valence-electron chi connectivity index (χ1n) is 7.97. The van der Waals surface area contributed by atoms with E-state index in [9.17, 15) is 14.0 Å². The Morgan fingerprint density at radius 1 is 1.04 bits per heavy atom. The molecule has 0 radical (unpaired) electrons. The molecular weight excluding hydrogens is 341 g/mol. The molecule has 0 bridgehead atoms. The lowest BCUT2D eigenvalue weighted by Crippen LogP contribution is -2.32. The van der Waals surface area contributed by atoms with Crippen molar-refractivity contribution in [1.82, 2.24) is 5.32 Å². The van der Waals surface area contributed by atoms with Gasteiger partial charge in [-0.3, -0.25) is 9.59 Å². The van der Waals surface area contributed by atoms with Crippen LogP contribution in [0.3, 0.4) is 0 Å². The number of ketones is 1. The number of hydrogen-bond acceptors (Lipinski definition) is 5. The van der Waals surface area contributed by atoms with E-state index < -0.39 is 5.82 Å². The molecular formula is C19H20FNO5. The van der Waals surface area contributed by atoms with Crippen molar-refractivity contribution in [2.75, 3.05) is 26.9 Å². The van der Waals surface area contributed by atoms with Gasteiger partial charge in [-0.1, -0.05) is 12.1 Å². The van der Waals surface area contributed by atoms with Gasteiger partial charge in [-0.25, -0.2) is 4.39 Å². The van der Waals surface area contributed by atoms with E-state index in [0.717, 1.165) is 0 Å². The van der Waals surface area contributed by atoms with Gasteiger partial charge in [0, 0.05) is 5.56 Å². The average Bonchev–Trinajstić information content (AvgIpc) is 2.64. The molecule has 0 heterocycles. The first kappa shape index (κ1) is 19.2. The van der Waals surface area contributed by atoms with Gasteiger partial charge in [-0.2, -0.15) is 0 Å². The lowest BCUT2D eigenvalue weighted by Gasteiger charge is -2.12. The third kappa shape index (κ3) is 5.47. The van der Waals surface area contributed by atoms with E-state index >= 15 is 0 Å². The summed E-state index contributed by atoms with van der Waals surface area (Å²) >= 11 is 0. The lowest BCUT2D eigenvalue weighted by atomic mass is 10.1. The number of hydrogen-bond donors (Lipinski definition) is 1. The van der Waals surface area contributed by atoms with Crippen LogP contribution in [0.2, 0.25) is 0 Å². The lowest BCUT2D eigenvalue weighted by molar-refractivity contribution is -0.123. The Balaban J connectivity index is 1.76. The summed E-state index contributed by atoms with van der Waals surface area (Å²) < 4.78 is 29.2. The summed E-state index contributed by atoms with van der Waals surface area (Å²) in [6.07, 6.45) is 0. The molecule has 1 amide bonds. The highest BCUT2D eigenvalue weighted by Gasteiger charge is 2.10. The highest BCUT2D eigenvalue weighted by atomic mass is 19.1. The minimum Gasteiger partial charge on any atom is -0.493 e. The molecule has 26 heavy (non-hydrogen) atoms. The Labute approximate surface area is 150 Å². The van der Waals surface area contributed by atoms with Crippen molar-refractivity contribution in [1.29, 1.82) is 0 Å².